The predicted octanol–water partition coefficient (Wildman–Crippen LogP) is 13.1. The van der Waals surface area contributed by atoms with Crippen molar-refractivity contribution in [2.24, 2.45) is 11.8 Å². The molecule has 0 bridgehead atoms. The molecule has 0 aliphatic heterocycles. The van der Waals surface area contributed by atoms with E-state index in [9.17, 15) is 71.9 Å². The highest BCUT2D eigenvalue weighted by atomic mass is 19.4. The maximum Gasteiger partial charge on any atom is 0.410 e. The van der Waals surface area contributed by atoms with Crippen LogP contribution in [0.3, 0.4) is 0 Å². The number of halogens is 12. The summed E-state index contributed by atoms with van der Waals surface area (Å²) in [4.78, 5) is 48.5. The summed E-state index contributed by atoms with van der Waals surface area (Å²) in [6.07, 6.45) is -26.8. The number of hydrogen-bond donors (Lipinski definition) is 1. The van der Waals surface area contributed by atoms with E-state index in [-0.39, 0.29) is 18.5 Å². The van der Waals surface area contributed by atoms with Crippen molar-refractivity contribution in [1.29, 1.82) is 0 Å². The van der Waals surface area contributed by atoms with Crippen molar-refractivity contribution in [3.63, 3.8) is 0 Å². The van der Waals surface area contributed by atoms with Gasteiger partial charge < -0.3 is 24.3 Å². The number of benzene rings is 4. The van der Waals surface area contributed by atoms with Crippen LogP contribution in [-0.4, -0.2) is 104 Å². The third kappa shape index (κ3) is 16.8. The number of nitrogens with zero attached hydrogens (tertiary/aromatic N) is 1. The summed E-state index contributed by atoms with van der Waals surface area (Å²) < 4.78 is 174. The van der Waals surface area contributed by atoms with Gasteiger partial charge in [0.05, 0.1) is 0 Å². The molecule has 75 heavy (non-hydrogen) atoms. The van der Waals surface area contributed by atoms with E-state index in [0.29, 0.717) is 11.5 Å². The maximum absolute atomic E-state index is 13.3. The fraction of sp³-hybridized carbons (Fsp3) is 0.472. The molecular formula is C53H58F12N2O8. The Morgan fingerprint density at radius 3 is 1.12 bits per heavy atom. The van der Waals surface area contributed by atoms with Gasteiger partial charge in [0.15, 0.2) is 11.8 Å². The zero-order valence-electron chi connectivity index (χ0n) is 42.3. The van der Waals surface area contributed by atoms with Gasteiger partial charge in [0.2, 0.25) is 0 Å². The SMILES string of the molecule is CC(=O)OCC1c2ccccc2-c2ccccc21.CN(C(=O)OCC1c2ccccc2-c2ccccc21)[C@@H](CC(C(F)(F)F)C(F)(F)F)C(=O)OC(C)(C)C.CN[C@@H](CC(C(F)(F)F)C(F)(F)F)C(=O)OC(C)(C)C. The molecule has 2 atom stereocenters. The molecule has 0 unspecified atom stereocenters. The Morgan fingerprint density at radius 1 is 0.507 bits per heavy atom. The van der Waals surface area contributed by atoms with Crippen LogP contribution in [0.1, 0.15) is 95.4 Å². The molecule has 2 aliphatic rings. The normalized spacial score (nSPS) is 14.4. The van der Waals surface area contributed by atoms with E-state index in [1.807, 2.05) is 60.7 Å². The number of rotatable bonds is 12. The number of fused-ring (bicyclic) bond motifs is 6. The van der Waals surface area contributed by atoms with Crippen LogP contribution in [0.15, 0.2) is 97.1 Å². The molecule has 1 amide bonds. The number of hydrogen-bond acceptors (Lipinski definition) is 9. The summed E-state index contributed by atoms with van der Waals surface area (Å²) >= 11 is 0. The van der Waals surface area contributed by atoms with Gasteiger partial charge in [-0.25, -0.2) is 9.59 Å². The highest BCUT2D eigenvalue weighted by Gasteiger charge is 2.59. The molecule has 22 heteroatoms. The minimum Gasteiger partial charge on any atom is -0.465 e. The summed E-state index contributed by atoms with van der Waals surface area (Å²) in [5.41, 5.74) is 6.36. The number of esters is 3. The number of likely N-dealkylation sites (N-methyl/N-ethyl adjacent to an activating group) is 2. The van der Waals surface area contributed by atoms with E-state index in [1.165, 1.54) is 70.7 Å². The first-order chi connectivity index (χ1) is 34.5. The lowest BCUT2D eigenvalue weighted by atomic mass is 9.97. The second-order valence-corrected chi connectivity index (χ2v) is 19.6. The minimum absolute atomic E-state index is 0.168. The van der Waals surface area contributed by atoms with Crippen LogP contribution in [0.25, 0.3) is 22.3 Å². The van der Waals surface area contributed by atoms with Crippen LogP contribution in [0.5, 0.6) is 0 Å². The topological polar surface area (TPSA) is 120 Å². The quantitative estimate of drug-likeness (QED) is 0.0840. The van der Waals surface area contributed by atoms with Gasteiger partial charge in [-0.3, -0.25) is 14.5 Å². The van der Waals surface area contributed by atoms with E-state index in [0.717, 1.165) is 36.3 Å². The van der Waals surface area contributed by atoms with E-state index < -0.39 is 96.6 Å². The lowest BCUT2D eigenvalue weighted by molar-refractivity contribution is -0.289. The molecular weight excluding hydrogens is 1020 g/mol. The van der Waals surface area contributed by atoms with Crippen LogP contribution >= 0.6 is 0 Å². The highest BCUT2D eigenvalue weighted by molar-refractivity contribution is 5.83. The molecule has 0 saturated carbocycles. The molecule has 0 aromatic heterocycles. The Labute approximate surface area is 426 Å². The highest BCUT2D eigenvalue weighted by Crippen LogP contribution is 2.47. The van der Waals surface area contributed by atoms with E-state index in [1.54, 1.807) is 12.1 Å². The predicted molar refractivity (Wildman–Crippen MR) is 252 cm³/mol. The molecule has 4 aromatic rings. The van der Waals surface area contributed by atoms with Gasteiger partial charge in [-0.2, -0.15) is 52.7 Å². The van der Waals surface area contributed by atoms with Gasteiger partial charge in [0, 0.05) is 25.8 Å². The van der Waals surface area contributed by atoms with Crippen molar-refractivity contribution < 1.29 is 90.8 Å². The standard InChI is InChI=1S/C26H27F6NO4.C16H14O2.C11H17F6NO2/c1-24(2,3)37-22(34)20(13-21(25(27,28)29)26(30,31)32)33(4)23(35)36-14-19-17-11-7-5-9-15(17)16-10-6-8-12-18(16)19;1-11(17)18-10-16-14-8-4-2-6-12(14)13-7-3-5-9-15(13)16;1-9(2,3)20-8(19)6(18-4)5-7(10(12,13)14)11(15,16)17/h5-12,19-21H,13-14H2,1-4H3;2-9,16H,10H2,1H3;6-7,18H,5H2,1-4H3/t20-;;6-/m0.0/s1. The second kappa shape index (κ2) is 24.1. The molecule has 412 valence electrons. The Bertz CT molecular complexity index is 2480. The monoisotopic (exact) mass is 1080 g/mol. The van der Waals surface area contributed by atoms with Crippen molar-refractivity contribution in [2.75, 3.05) is 27.3 Å². The number of ether oxygens (including phenoxy) is 4. The van der Waals surface area contributed by atoms with Gasteiger partial charge in [0.25, 0.3) is 0 Å². The van der Waals surface area contributed by atoms with Crippen molar-refractivity contribution in [3.05, 3.63) is 119 Å². The van der Waals surface area contributed by atoms with E-state index in [2.05, 4.69) is 29.6 Å². The van der Waals surface area contributed by atoms with Crippen molar-refractivity contribution >= 4 is 24.0 Å². The van der Waals surface area contributed by atoms with Gasteiger partial charge in [-0.05, 0) is 106 Å². The zero-order valence-corrected chi connectivity index (χ0v) is 42.3. The van der Waals surface area contributed by atoms with Gasteiger partial charge in [0.1, 0.15) is 36.5 Å². The number of amides is 1. The molecule has 10 nitrogen and oxygen atoms in total. The largest absolute Gasteiger partial charge is 0.465 e. The molecule has 0 heterocycles. The summed E-state index contributed by atoms with van der Waals surface area (Å²) in [5.74, 6) is -10.4. The van der Waals surface area contributed by atoms with Gasteiger partial charge >= 0.3 is 48.7 Å². The third-order valence-corrected chi connectivity index (χ3v) is 11.7. The van der Waals surface area contributed by atoms with Crippen molar-refractivity contribution in [1.82, 2.24) is 10.2 Å². The average molecular weight is 1080 g/mol. The van der Waals surface area contributed by atoms with Crippen LogP contribution in [0.2, 0.25) is 0 Å². The van der Waals surface area contributed by atoms with Crippen LogP contribution in [0.4, 0.5) is 57.5 Å². The number of alkyl halides is 12. The first-order valence-electron chi connectivity index (χ1n) is 23.2. The molecule has 0 radical (unpaired) electrons. The molecule has 1 N–H and O–H groups in total. The lowest BCUT2D eigenvalue weighted by Crippen LogP contribution is -2.50. The molecule has 2 aliphatic carbocycles. The van der Waals surface area contributed by atoms with Crippen LogP contribution in [-0.2, 0) is 33.3 Å². The number of nitrogens with one attached hydrogen (secondary N) is 1. The van der Waals surface area contributed by atoms with E-state index in [4.69, 9.17) is 18.9 Å². The van der Waals surface area contributed by atoms with Crippen LogP contribution < -0.4 is 5.32 Å². The van der Waals surface area contributed by atoms with Gasteiger partial charge in [-0.15, -0.1) is 0 Å². The summed E-state index contributed by atoms with van der Waals surface area (Å²) in [6, 6.07) is 27.5. The number of carbonyl (C=O) groups excluding carboxylic acids is 4. The minimum atomic E-state index is -5.69. The summed E-state index contributed by atoms with van der Waals surface area (Å²) in [5, 5.41) is 2.12. The van der Waals surface area contributed by atoms with Gasteiger partial charge in [-0.1, -0.05) is 97.1 Å². The lowest BCUT2D eigenvalue weighted by Gasteiger charge is -2.33. The van der Waals surface area contributed by atoms with Crippen molar-refractivity contribution in [2.45, 2.75) is 121 Å². The summed E-state index contributed by atoms with van der Waals surface area (Å²) in [7, 11) is 2.01. The zero-order chi connectivity index (χ0) is 56.6. The second-order valence-electron chi connectivity index (χ2n) is 19.6. The first-order valence-corrected chi connectivity index (χ1v) is 23.2. The smallest absolute Gasteiger partial charge is 0.410 e. The fourth-order valence-electron chi connectivity index (χ4n) is 8.31. The maximum atomic E-state index is 13.3. The van der Waals surface area contributed by atoms with Crippen LogP contribution in [0, 0.1) is 11.8 Å². The van der Waals surface area contributed by atoms with E-state index >= 15 is 0 Å². The Morgan fingerprint density at radius 2 is 0.813 bits per heavy atom. The average Bonchev–Trinajstić information content (AvgIpc) is 3.77. The Balaban J connectivity index is 0.000000269. The summed E-state index contributed by atoms with van der Waals surface area (Å²) in [6.45, 7) is 10.2. The molecule has 0 spiro atoms. The van der Waals surface area contributed by atoms with Crippen molar-refractivity contribution in [3.8, 4) is 22.3 Å². The molecule has 6 rings (SSSR count). The molecule has 0 fully saturated rings. The third-order valence-electron chi connectivity index (χ3n) is 11.7. The molecule has 4 aromatic carbocycles. The number of carbonyl (C=O) groups is 4. The Kier molecular flexibility index (Phi) is 19.7. The Hall–Kier alpha value is -6.32. The fourth-order valence-corrected chi connectivity index (χ4v) is 8.31. The first kappa shape index (κ1) is 61.2. The molecule has 0 saturated heterocycles.